The van der Waals surface area contributed by atoms with E-state index in [2.05, 4.69) is 33.0 Å². The summed E-state index contributed by atoms with van der Waals surface area (Å²) in [6.07, 6.45) is 0. The molecular formula is C14H19FN2. The summed E-state index contributed by atoms with van der Waals surface area (Å²) in [6, 6.07) is 6.41. The summed E-state index contributed by atoms with van der Waals surface area (Å²) < 4.78 is 13.4. The fraction of sp³-hybridized carbons (Fsp3) is 0.500. The Labute approximate surface area is 102 Å². The van der Waals surface area contributed by atoms with Gasteiger partial charge < -0.3 is 5.32 Å². The predicted octanol–water partition coefficient (Wildman–Crippen LogP) is 3.79. The van der Waals surface area contributed by atoms with Gasteiger partial charge in [0.25, 0.3) is 0 Å². The molecular weight excluding hydrogens is 215 g/mol. The Balaban J connectivity index is 2.72. The fourth-order valence-electron chi connectivity index (χ4n) is 1.25. The molecule has 1 rings (SSSR count). The second-order valence-electron chi connectivity index (χ2n) is 5.30. The Morgan fingerprint density at radius 1 is 1.41 bits per heavy atom. The van der Waals surface area contributed by atoms with Crippen LogP contribution >= 0.6 is 0 Å². The molecule has 0 radical (unpaired) electrons. The highest BCUT2D eigenvalue weighted by Crippen LogP contribution is 2.26. The molecule has 0 saturated heterocycles. The molecule has 0 amide bonds. The van der Waals surface area contributed by atoms with Gasteiger partial charge >= 0.3 is 0 Å². The van der Waals surface area contributed by atoms with Crippen molar-refractivity contribution in [2.45, 2.75) is 27.7 Å². The van der Waals surface area contributed by atoms with Crippen LogP contribution < -0.4 is 5.32 Å². The zero-order chi connectivity index (χ0) is 13.1. The van der Waals surface area contributed by atoms with Crippen molar-refractivity contribution in [1.82, 2.24) is 0 Å². The van der Waals surface area contributed by atoms with Crippen molar-refractivity contribution < 1.29 is 4.39 Å². The zero-order valence-corrected chi connectivity index (χ0v) is 10.8. The summed E-state index contributed by atoms with van der Waals surface area (Å²) in [5.74, 6) is 0.0677. The maximum Gasteiger partial charge on any atom is 0.143 e. The van der Waals surface area contributed by atoms with E-state index in [0.717, 1.165) is 12.2 Å². The number of nitriles is 1. The van der Waals surface area contributed by atoms with Crippen molar-refractivity contribution in [3.05, 3.63) is 29.6 Å². The highest BCUT2D eigenvalue weighted by molar-refractivity contribution is 5.48. The van der Waals surface area contributed by atoms with E-state index in [4.69, 9.17) is 5.26 Å². The average molecular weight is 234 g/mol. The second kappa shape index (κ2) is 5.18. The van der Waals surface area contributed by atoms with Crippen molar-refractivity contribution in [2.75, 3.05) is 11.9 Å². The van der Waals surface area contributed by atoms with E-state index in [1.807, 2.05) is 6.07 Å². The predicted molar refractivity (Wildman–Crippen MR) is 68.2 cm³/mol. The van der Waals surface area contributed by atoms with Gasteiger partial charge in [-0.15, -0.1) is 0 Å². The maximum atomic E-state index is 13.4. The molecule has 0 bridgehead atoms. The van der Waals surface area contributed by atoms with E-state index in [9.17, 15) is 4.39 Å². The molecule has 0 aliphatic heterocycles. The molecule has 1 aromatic rings. The van der Waals surface area contributed by atoms with Gasteiger partial charge in [-0.25, -0.2) is 4.39 Å². The van der Waals surface area contributed by atoms with Crippen molar-refractivity contribution in [3.8, 4) is 6.07 Å². The Kier molecular flexibility index (Phi) is 4.11. The zero-order valence-electron chi connectivity index (χ0n) is 10.8. The molecule has 3 heteroatoms. The van der Waals surface area contributed by atoms with Crippen molar-refractivity contribution in [2.24, 2.45) is 11.3 Å². The Morgan fingerprint density at radius 2 is 2.06 bits per heavy atom. The van der Waals surface area contributed by atoms with Crippen molar-refractivity contribution >= 4 is 5.69 Å². The lowest BCUT2D eigenvalue weighted by atomic mass is 9.81. The number of anilines is 1. The lowest BCUT2D eigenvalue weighted by molar-refractivity contribution is 0.269. The standard InChI is InChI=1S/C14H19FN2/c1-10(2)14(3,4)9-17-12-6-5-11(8-16)13(15)7-12/h5-7,10,17H,9H2,1-4H3. The van der Waals surface area contributed by atoms with Gasteiger partial charge in [-0.1, -0.05) is 27.7 Å². The average Bonchev–Trinajstić information content (AvgIpc) is 2.26. The summed E-state index contributed by atoms with van der Waals surface area (Å²) in [5.41, 5.74) is 0.943. The summed E-state index contributed by atoms with van der Waals surface area (Å²) in [6.45, 7) is 9.45. The quantitative estimate of drug-likeness (QED) is 0.860. The molecule has 0 aromatic heterocycles. The van der Waals surface area contributed by atoms with Gasteiger partial charge in [0, 0.05) is 12.2 Å². The lowest BCUT2D eigenvalue weighted by Crippen LogP contribution is -2.28. The van der Waals surface area contributed by atoms with E-state index < -0.39 is 5.82 Å². The van der Waals surface area contributed by atoms with E-state index in [1.54, 1.807) is 6.07 Å². The van der Waals surface area contributed by atoms with Crippen LogP contribution in [0.5, 0.6) is 0 Å². The number of nitrogens with zero attached hydrogens (tertiary/aromatic N) is 1. The van der Waals surface area contributed by atoms with E-state index in [0.29, 0.717) is 5.92 Å². The molecule has 1 N–H and O–H groups in total. The molecule has 2 nitrogen and oxygen atoms in total. The molecule has 1 aromatic carbocycles. The monoisotopic (exact) mass is 234 g/mol. The van der Waals surface area contributed by atoms with Gasteiger partial charge in [-0.05, 0) is 29.5 Å². The molecule has 17 heavy (non-hydrogen) atoms. The van der Waals surface area contributed by atoms with Gasteiger partial charge in [-0.2, -0.15) is 5.26 Å². The van der Waals surface area contributed by atoms with E-state index in [-0.39, 0.29) is 11.0 Å². The van der Waals surface area contributed by atoms with Gasteiger partial charge in [0.15, 0.2) is 0 Å². The molecule has 0 fully saturated rings. The summed E-state index contributed by atoms with van der Waals surface area (Å²) in [7, 11) is 0. The third-order valence-corrected chi connectivity index (χ3v) is 3.40. The summed E-state index contributed by atoms with van der Waals surface area (Å²) in [5, 5.41) is 11.8. The molecule has 0 atom stereocenters. The van der Waals surface area contributed by atoms with Gasteiger partial charge in [0.2, 0.25) is 0 Å². The number of hydrogen-bond acceptors (Lipinski definition) is 2. The first-order chi connectivity index (χ1) is 7.86. The molecule has 0 aliphatic carbocycles. The van der Waals surface area contributed by atoms with Crippen LogP contribution in [0.1, 0.15) is 33.3 Å². The SMILES string of the molecule is CC(C)C(C)(C)CNc1ccc(C#N)c(F)c1. The minimum absolute atomic E-state index is 0.0821. The Morgan fingerprint density at radius 3 is 2.53 bits per heavy atom. The van der Waals surface area contributed by atoms with Crippen LogP contribution in [0.3, 0.4) is 0 Å². The normalized spacial score (nSPS) is 11.4. The van der Waals surface area contributed by atoms with Gasteiger partial charge in [0.1, 0.15) is 11.9 Å². The molecule has 0 unspecified atom stereocenters. The first-order valence-corrected chi connectivity index (χ1v) is 5.80. The van der Waals surface area contributed by atoms with Crippen molar-refractivity contribution in [1.29, 1.82) is 5.26 Å². The molecule has 0 spiro atoms. The number of nitrogens with one attached hydrogen (secondary N) is 1. The number of halogens is 1. The van der Waals surface area contributed by atoms with Crippen LogP contribution in [0.4, 0.5) is 10.1 Å². The van der Waals surface area contributed by atoms with E-state index >= 15 is 0 Å². The topological polar surface area (TPSA) is 35.8 Å². The summed E-state index contributed by atoms with van der Waals surface area (Å²) >= 11 is 0. The van der Waals surface area contributed by atoms with Crippen molar-refractivity contribution in [3.63, 3.8) is 0 Å². The van der Waals surface area contributed by atoms with Crippen LogP contribution in [0.25, 0.3) is 0 Å². The van der Waals surface area contributed by atoms with E-state index in [1.165, 1.54) is 12.1 Å². The number of hydrogen-bond donors (Lipinski definition) is 1. The van der Waals surface area contributed by atoms with Crippen LogP contribution in [0, 0.1) is 28.5 Å². The molecule has 0 heterocycles. The van der Waals surface area contributed by atoms with Gasteiger partial charge in [-0.3, -0.25) is 0 Å². The molecule has 92 valence electrons. The highest BCUT2D eigenvalue weighted by atomic mass is 19.1. The maximum absolute atomic E-state index is 13.4. The highest BCUT2D eigenvalue weighted by Gasteiger charge is 2.21. The van der Waals surface area contributed by atoms with Gasteiger partial charge in [0.05, 0.1) is 5.56 Å². The minimum atomic E-state index is -0.472. The smallest absolute Gasteiger partial charge is 0.143 e. The Bertz CT molecular complexity index is 430. The number of rotatable bonds is 4. The third-order valence-electron chi connectivity index (χ3n) is 3.40. The second-order valence-corrected chi connectivity index (χ2v) is 5.30. The van der Waals surface area contributed by atoms with Crippen LogP contribution in [0.2, 0.25) is 0 Å². The fourth-order valence-corrected chi connectivity index (χ4v) is 1.25. The largest absolute Gasteiger partial charge is 0.384 e. The molecule has 0 saturated carbocycles. The lowest BCUT2D eigenvalue weighted by Gasteiger charge is -2.29. The summed E-state index contributed by atoms with van der Waals surface area (Å²) in [4.78, 5) is 0. The molecule has 0 aliphatic rings. The first kappa shape index (κ1) is 13.5. The number of benzene rings is 1. The van der Waals surface area contributed by atoms with Crippen LogP contribution in [-0.2, 0) is 0 Å². The Hall–Kier alpha value is -1.56. The van der Waals surface area contributed by atoms with Crippen LogP contribution in [-0.4, -0.2) is 6.54 Å². The minimum Gasteiger partial charge on any atom is -0.384 e. The van der Waals surface area contributed by atoms with Crippen LogP contribution in [0.15, 0.2) is 18.2 Å². The first-order valence-electron chi connectivity index (χ1n) is 5.80. The third kappa shape index (κ3) is 3.45.